The molecule has 0 aliphatic rings. The Balaban J connectivity index is 2.21. The highest BCUT2D eigenvalue weighted by Crippen LogP contribution is 2.17. The van der Waals surface area contributed by atoms with Gasteiger partial charge in [0.05, 0.1) is 6.54 Å². The van der Waals surface area contributed by atoms with E-state index < -0.39 is 5.82 Å². The predicted octanol–water partition coefficient (Wildman–Crippen LogP) is 1.21. The zero-order valence-electron chi connectivity index (χ0n) is 9.09. The molecular weight excluding hydrogens is 261 g/mol. The van der Waals surface area contributed by atoms with Crippen LogP contribution in [0.25, 0.3) is 0 Å². The van der Waals surface area contributed by atoms with Crippen LogP contribution in [0.5, 0.6) is 0 Å². The van der Waals surface area contributed by atoms with Crippen molar-refractivity contribution in [2.45, 2.75) is 6.54 Å². The van der Waals surface area contributed by atoms with Crippen LogP contribution in [-0.2, 0) is 6.54 Å². The zero-order chi connectivity index (χ0) is 13.1. The SMILES string of the molecule is NC(=NO)c1ncn(Cc2ccc(F)cc2Cl)n1. The monoisotopic (exact) mass is 269 g/mol. The number of benzene rings is 1. The quantitative estimate of drug-likeness (QED) is 0.379. The van der Waals surface area contributed by atoms with E-state index in [4.69, 9.17) is 22.5 Å². The lowest BCUT2D eigenvalue weighted by molar-refractivity contribution is 0.318. The Morgan fingerprint density at radius 3 is 3.00 bits per heavy atom. The molecule has 0 fully saturated rings. The van der Waals surface area contributed by atoms with Gasteiger partial charge in [0.1, 0.15) is 12.1 Å². The van der Waals surface area contributed by atoms with Gasteiger partial charge in [-0.15, -0.1) is 5.10 Å². The number of halogens is 2. The molecule has 3 N–H and O–H groups in total. The molecule has 6 nitrogen and oxygen atoms in total. The molecule has 2 aromatic rings. The van der Waals surface area contributed by atoms with Gasteiger partial charge in [-0.05, 0) is 17.7 Å². The number of nitrogens with zero attached hydrogens (tertiary/aromatic N) is 4. The molecule has 1 aromatic carbocycles. The third-order valence-corrected chi connectivity index (χ3v) is 2.57. The fourth-order valence-corrected chi connectivity index (χ4v) is 1.58. The standard InChI is InChI=1S/C10H9ClFN5O/c11-8-3-7(12)2-1-6(8)4-17-5-14-10(15-17)9(13)16-18/h1-3,5,18H,4H2,(H2,13,16). The van der Waals surface area contributed by atoms with Crippen molar-refractivity contribution in [1.82, 2.24) is 14.8 Å². The summed E-state index contributed by atoms with van der Waals surface area (Å²) in [6.45, 7) is 0.310. The summed E-state index contributed by atoms with van der Waals surface area (Å²) >= 11 is 5.89. The topological polar surface area (TPSA) is 89.3 Å². The molecule has 2 rings (SSSR count). The number of nitrogens with two attached hydrogens (primary N) is 1. The second-order valence-corrected chi connectivity index (χ2v) is 3.89. The van der Waals surface area contributed by atoms with Gasteiger partial charge >= 0.3 is 0 Å². The molecule has 0 amide bonds. The molecule has 0 atom stereocenters. The predicted molar refractivity (Wildman–Crippen MR) is 63.0 cm³/mol. The van der Waals surface area contributed by atoms with Crippen molar-refractivity contribution in [3.8, 4) is 0 Å². The maximum absolute atomic E-state index is 12.9. The van der Waals surface area contributed by atoms with E-state index in [0.29, 0.717) is 17.1 Å². The molecule has 18 heavy (non-hydrogen) atoms. The first kappa shape index (κ1) is 12.3. The van der Waals surface area contributed by atoms with Gasteiger partial charge in [0.25, 0.3) is 0 Å². The van der Waals surface area contributed by atoms with E-state index in [0.717, 1.165) is 0 Å². The van der Waals surface area contributed by atoms with Crippen LogP contribution in [0.3, 0.4) is 0 Å². The number of hydrogen-bond acceptors (Lipinski definition) is 4. The number of amidine groups is 1. The van der Waals surface area contributed by atoms with E-state index in [1.54, 1.807) is 6.07 Å². The van der Waals surface area contributed by atoms with Crippen molar-refractivity contribution in [3.05, 3.63) is 46.8 Å². The summed E-state index contributed by atoms with van der Waals surface area (Å²) in [5, 5.41) is 15.5. The van der Waals surface area contributed by atoms with Gasteiger partial charge in [0, 0.05) is 5.02 Å². The molecule has 0 unspecified atom stereocenters. The summed E-state index contributed by atoms with van der Waals surface area (Å²) in [7, 11) is 0. The molecule has 0 radical (unpaired) electrons. The molecule has 0 aliphatic carbocycles. The van der Waals surface area contributed by atoms with Gasteiger partial charge in [0.15, 0.2) is 0 Å². The fraction of sp³-hybridized carbons (Fsp3) is 0.100. The first-order chi connectivity index (χ1) is 8.60. The molecule has 94 valence electrons. The Morgan fingerprint density at radius 2 is 2.33 bits per heavy atom. The fourth-order valence-electron chi connectivity index (χ4n) is 1.36. The van der Waals surface area contributed by atoms with Gasteiger partial charge in [-0.25, -0.2) is 14.1 Å². The summed E-state index contributed by atoms with van der Waals surface area (Å²) in [5.41, 5.74) is 6.03. The molecule has 8 heteroatoms. The second-order valence-electron chi connectivity index (χ2n) is 3.49. The molecule has 1 heterocycles. The maximum Gasteiger partial charge on any atom is 0.219 e. The largest absolute Gasteiger partial charge is 0.409 e. The Hall–Kier alpha value is -2.15. The van der Waals surface area contributed by atoms with Crippen LogP contribution in [0, 0.1) is 5.82 Å². The maximum atomic E-state index is 12.9. The molecular formula is C10H9ClFN5O. The molecule has 0 aliphatic heterocycles. The third-order valence-electron chi connectivity index (χ3n) is 2.22. The third kappa shape index (κ3) is 2.57. The highest BCUT2D eigenvalue weighted by molar-refractivity contribution is 6.31. The van der Waals surface area contributed by atoms with E-state index in [1.807, 2.05) is 0 Å². The smallest absolute Gasteiger partial charge is 0.219 e. The van der Waals surface area contributed by atoms with Crippen molar-refractivity contribution < 1.29 is 9.60 Å². The Labute approximate surface area is 106 Å². The van der Waals surface area contributed by atoms with Crippen molar-refractivity contribution in [2.75, 3.05) is 0 Å². The number of hydrogen-bond donors (Lipinski definition) is 2. The van der Waals surface area contributed by atoms with E-state index >= 15 is 0 Å². The van der Waals surface area contributed by atoms with Crippen LogP contribution in [0.15, 0.2) is 29.7 Å². The second kappa shape index (κ2) is 5.01. The lowest BCUT2D eigenvalue weighted by atomic mass is 10.2. The van der Waals surface area contributed by atoms with Crippen LogP contribution in [-0.4, -0.2) is 25.8 Å². The minimum atomic E-state index is -0.403. The molecule has 0 bridgehead atoms. The van der Waals surface area contributed by atoms with E-state index in [9.17, 15) is 4.39 Å². The summed E-state index contributed by atoms with van der Waals surface area (Å²) in [6.07, 6.45) is 1.41. The van der Waals surface area contributed by atoms with E-state index in [2.05, 4.69) is 15.2 Å². The average Bonchev–Trinajstić information content (AvgIpc) is 2.80. The minimum Gasteiger partial charge on any atom is -0.409 e. The van der Waals surface area contributed by atoms with Gasteiger partial charge in [-0.1, -0.05) is 22.8 Å². The van der Waals surface area contributed by atoms with Gasteiger partial charge in [-0.3, -0.25) is 0 Å². The number of oxime groups is 1. The lowest BCUT2D eigenvalue weighted by Gasteiger charge is -2.03. The van der Waals surface area contributed by atoms with Crippen LogP contribution in [0.1, 0.15) is 11.4 Å². The Morgan fingerprint density at radius 1 is 1.56 bits per heavy atom. The van der Waals surface area contributed by atoms with Crippen LogP contribution in [0.4, 0.5) is 4.39 Å². The Kier molecular flexibility index (Phi) is 3.42. The van der Waals surface area contributed by atoms with Gasteiger partial charge < -0.3 is 10.9 Å². The molecule has 0 saturated carbocycles. The van der Waals surface area contributed by atoms with Crippen LogP contribution >= 0.6 is 11.6 Å². The van der Waals surface area contributed by atoms with Crippen molar-refractivity contribution >= 4 is 17.4 Å². The summed E-state index contributed by atoms with van der Waals surface area (Å²) in [6, 6.07) is 4.09. The van der Waals surface area contributed by atoms with Crippen molar-refractivity contribution in [3.63, 3.8) is 0 Å². The molecule has 0 saturated heterocycles. The highest BCUT2D eigenvalue weighted by atomic mass is 35.5. The summed E-state index contributed by atoms with van der Waals surface area (Å²) < 4.78 is 14.3. The summed E-state index contributed by atoms with van der Waals surface area (Å²) in [4.78, 5) is 3.85. The first-order valence-electron chi connectivity index (χ1n) is 4.91. The van der Waals surface area contributed by atoms with Crippen LogP contribution in [0.2, 0.25) is 5.02 Å². The molecule has 0 spiro atoms. The van der Waals surface area contributed by atoms with Gasteiger partial charge in [-0.2, -0.15) is 0 Å². The highest BCUT2D eigenvalue weighted by Gasteiger charge is 2.08. The van der Waals surface area contributed by atoms with Gasteiger partial charge in [0.2, 0.25) is 11.7 Å². The number of aromatic nitrogens is 3. The zero-order valence-corrected chi connectivity index (χ0v) is 9.84. The summed E-state index contributed by atoms with van der Waals surface area (Å²) in [5.74, 6) is -0.477. The average molecular weight is 270 g/mol. The lowest BCUT2D eigenvalue weighted by Crippen LogP contribution is -2.15. The molecule has 1 aromatic heterocycles. The Bertz CT molecular complexity index is 598. The van der Waals surface area contributed by atoms with Crippen LogP contribution < -0.4 is 5.73 Å². The number of rotatable bonds is 3. The van der Waals surface area contributed by atoms with Crippen molar-refractivity contribution in [1.29, 1.82) is 0 Å². The van der Waals surface area contributed by atoms with E-state index in [-0.39, 0.29) is 11.7 Å². The minimum absolute atomic E-state index is 0.107. The van der Waals surface area contributed by atoms with Crippen molar-refractivity contribution in [2.24, 2.45) is 10.9 Å². The normalized spacial score (nSPS) is 11.8. The first-order valence-corrected chi connectivity index (χ1v) is 5.29. The van der Waals surface area contributed by atoms with E-state index in [1.165, 1.54) is 23.1 Å².